The van der Waals surface area contributed by atoms with Crippen molar-refractivity contribution in [3.8, 4) is 0 Å². The number of methoxy groups -OCH3 is 1. The summed E-state index contributed by atoms with van der Waals surface area (Å²) >= 11 is 1.56. The van der Waals surface area contributed by atoms with Gasteiger partial charge in [0, 0.05) is 46.8 Å². The van der Waals surface area contributed by atoms with Crippen molar-refractivity contribution < 1.29 is 29.3 Å². The normalized spacial score (nSPS) is 39.0. The summed E-state index contributed by atoms with van der Waals surface area (Å²) in [6.07, 6.45) is 12.2. The van der Waals surface area contributed by atoms with Gasteiger partial charge in [-0.25, -0.2) is 4.79 Å². The minimum atomic E-state index is -1.13. The van der Waals surface area contributed by atoms with Crippen LogP contribution in [0.25, 0.3) is 10.1 Å². The lowest BCUT2D eigenvalue weighted by atomic mass is 9.32. The Bertz CT molecular complexity index is 1570. The van der Waals surface area contributed by atoms with Crippen LogP contribution in [-0.2, 0) is 9.47 Å². The van der Waals surface area contributed by atoms with Crippen molar-refractivity contribution >= 4 is 33.3 Å². The molecule has 2 aromatic rings. The molecule has 7 nitrogen and oxygen atoms in total. The Morgan fingerprint density at radius 1 is 1.04 bits per heavy atom. The number of allylic oxidation sites excluding steroid dienone is 4. The van der Waals surface area contributed by atoms with Gasteiger partial charge in [0.25, 0.3) is 0 Å². The fourth-order valence-electron chi connectivity index (χ4n) is 11.0. The van der Waals surface area contributed by atoms with E-state index in [1.54, 1.807) is 30.3 Å². The summed E-state index contributed by atoms with van der Waals surface area (Å²) in [7, 11) is 1.65. The number of rotatable bonds is 9. The summed E-state index contributed by atoms with van der Waals surface area (Å²) in [4.78, 5) is 30.5. The molecule has 1 amide bonds. The molecule has 8 atom stereocenters. The lowest BCUT2D eigenvalue weighted by Gasteiger charge is -2.71. The van der Waals surface area contributed by atoms with Crippen molar-refractivity contribution in [1.29, 1.82) is 0 Å². The van der Waals surface area contributed by atoms with Gasteiger partial charge in [0.15, 0.2) is 5.78 Å². The Labute approximate surface area is 276 Å². The summed E-state index contributed by atoms with van der Waals surface area (Å²) < 4.78 is 11.8. The molecule has 0 saturated heterocycles. The van der Waals surface area contributed by atoms with Crippen LogP contribution in [0.2, 0.25) is 0 Å². The van der Waals surface area contributed by atoms with Gasteiger partial charge in [-0.3, -0.25) is 4.79 Å². The Morgan fingerprint density at radius 3 is 2.54 bits per heavy atom. The zero-order valence-electron chi connectivity index (χ0n) is 27.7. The SMILES string of the molecule is CCOC(=O)N(CCCOC)CC1(O)CCC2C34C=CC5(C=C3C(=O)c3cc6ccccc6s3)CC(O)CCC5(C)C4CCC21C. The van der Waals surface area contributed by atoms with Gasteiger partial charge in [-0.05, 0) is 93.1 Å². The highest BCUT2D eigenvalue weighted by Gasteiger charge is 2.74. The molecule has 3 saturated carbocycles. The molecule has 8 heteroatoms. The minimum absolute atomic E-state index is 0.0228. The number of benzene rings is 1. The number of ether oxygens (including phenoxy) is 2. The molecule has 2 spiro atoms. The molecule has 6 aliphatic carbocycles. The number of hydrogen-bond donors (Lipinski definition) is 2. The van der Waals surface area contributed by atoms with E-state index >= 15 is 0 Å². The zero-order valence-corrected chi connectivity index (χ0v) is 28.5. The van der Waals surface area contributed by atoms with Gasteiger partial charge >= 0.3 is 6.09 Å². The van der Waals surface area contributed by atoms with Gasteiger partial charge in [0.05, 0.1) is 29.7 Å². The number of fused-ring (bicyclic) bond motifs is 2. The van der Waals surface area contributed by atoms with Crippen LogP contribution in [0, 0.1) is 33.5 Å². The van der Waals surface area contributed by atoms with Crippen LogP contribution in [0.3, 0.4) is 0 Å². The number of thiophene rings is 1. The first-order valence-electron chi connectivity index (χ1n) is 17.2. The summed E-state index contributed by atoms with van der Waals surface area (Å²) in [5, 5.41) is 24.8. The molecule has 248 valence electrons. The summed E-state index contributed by atoms with van der Waals surface area (Å²) in [6, 6.07) is 10.2. The first-order valence-corrected chi connectivity index (χ1v) is 18.1. The molecule has 2 N–H and O–H groups in total. The van der Waals surface area contributed by atoms with E-state index in [2.05, 4.69) is 44.2 Å². The molecular weight excluding hydrogens is 598 g/mol. The van der Waals surface area contributed by atoms with Gasteiger partial charge in [-0.15, -0.1) is 11.3 Å². The molecule has 2 bridgehead atoms. The molecule has 8 rings (SSSR count). The summed E-state index contributed by atoms with van der Waals surface area (Å²) in [5.41, 5.74) is -1.80. The number of carbonyl (C=O) groups is 2. The van der Waals surface area contributed by atoms with Crippen molar-refractivity contribution in [2.24, 2.45) is 33.5 Å². The fraction of sp³-hybridized carbons (Fsp3) is 0.632. The number of aliphatic hydroxyl groups is 2. The van der Waals surface area contributed by atoms with Crippen LogP contribution in [-0.4, -0.2) is 72.1 Å². The van der Waals surface area contributed by atoms with Crippen LogP contribution in [0.1, 0.15) is 81.8 Å². The molecule has 1 heterocycles. The number of aliphatic hydroxyl groups excluding tert-OH is 1. The van der Waals surface area contributed by atoms with Gasteiger partial charge in [0.2, 0.25) is 0 Å². The first kappa shape index (κ1) is 32.0. The highest BCUT2D eigenvalue weighted by atomic mass is 32.1. The van der Waals surface area contributed by atoms with Gasteiger partial charge in [-0.2, -0.15) is 0 Å². The van der Waals surface area contributed by atoms with E-state index in [1.807, 2.05) is 18.2 Å². The molecule has 6 aliphatic rings. The van der Waals surface area contributed by atoms with E-state index in [0.717, 1.165) is 52.6 Å². The Hall–Kier alpha value is -2.52. The van der Waals surface area contributed by atoms with E-state index in [1.165, 1.54) is 0 Å². The smallest absolute Gasteiger partial charge is 0.409 e. The number of nitrogens with zero attached hydrogens (tertiary/aromatic N) is 1. The lowest BCUT2D eigenvalue weighted by molar-refractivity contribution is -0.175. The van der Waals surface area contributed by atoms with Crippen LogP contribution in [0.5, 0.6) is 0 Å². The summed E-state index contributed by atoms with van der Waals surface area (Å²) in [6.45, 7) is 7.86. The largest absolute Gasteiger partial charge is 0.450 e. The number of ketones is 1. The Balaban J connectivity index is 1.32. The van der Waals surface area contributed by atoms with Crippen molar-refractivity contribution in [1.82, 2.24) is 4.90 Å². The standard InChI is InChI=1S/C38H49NO6S/c1-5-45-33(42)39(19-8-20-44-4)24-37(43)16-13-31-35(37,3)15-12-30-34(2)14-11-26(40)22-36(34)17-18-38(30,31)27(23-36)32(41)29-21-25-9-6-7-10-28(25)46-29/h6-7,9-10,17-18,21,23,26,30-31,40,43H,5,8,11-16,19-20,22,24H2,1-4H3. The molecule has 1 aromatic carbocycles. The Kier molecular flexibility index (Phi) is 7.86. The van der Waals surface area contributed by atoms with Gasteiger partial charge in [0.1, 0.15) is 0 Å². The minimum Gasteiger partial charge on any atom is -0.450 e. The third-order valence-corrected chi connectivity index (χ3v) is 14.5. The van der Waals surface area contributed by atoms with E-state index in [4.69, 9.17) is 9.47 Å². The number of hydrogen-bond acceptors (Lipinski definition) is 7. The average molecular weight is 648 g/mol. The summed E-state index contributed by atoms with van der Waals surface area (Å²) in [5.74, 6) is 0.332. The van der Waals surface area contributed by atoms with Crippen LogP contribution < -0.4 is 0 Å². The van der Waals surface area contributed by atoms with Crippen LogP contribution >= 0.6 is 11.3 Å². The second-order valence-electron chi connectivity index (χ2n) is 15.3. The molecule has 0 aliphatic heterocycles. The number of carbonyl (C=O) groups excluding carboxylic acids is 2. The van der Waals surface area contributed by atoms with E-state index < -0.39 is 28.6 Å². The second kappa shape index (κ2) is 11.3. The predicted octanol–water partition coefficient (Wildman–Crippen LogP) is 7.17. The highest BCUT2D eigenvalue weighted by molar-refractivity contribution is 7.21. The third kappa shape index (κ3) is 4.39. The van der Waals surface area contributed by atoms with E-state index in [-0.39, 0.29) is 41.6 Å². The maximum absolute atomic E-state index is 14.9. The maximum Gasteiger partial charge on any atom is 0.409 e. The average Bonchev–Trinajstić information content (AvgIpc) is 3.59. The number of amides is 1. The van der Waals surface area contributed by atoms with Crippen LogP contribution in [0.4, 0.5) is 4.79 Å². The van der Waals surface area contributed by atoms with Crippen molar-refractivity contribution in [3.63, 3.8) is 0 Å². The lowest BCUT2D eigenvalue weighted by Crippen LogP contribution is -2.67. The van der Waals surface area contributed by atoms with Crippen molar-refractivity contribution in [2.75, 3.05) is 33.4 Å². The van der Waals surface area contributed by atoms with E-state index in [0.29, 0.717) is 32.4 Å². The second-order valence-corrected chi connectivity index (χ2v) is 16.3. The third-order valence-electron chi connectivity index (χ3n) is 13.4. The zero-order chi connectivity index (χ0) is 32.5. The molecule has 0 radical (unpaired) electrons. The molecule has 3 fully saturated rings. The number of Topliss-reactive ketones (excluding diaryl/α,β-unsaturated/α-hetero) is 1. The van der Waals surface area contributed by atoms with Gasteiger partial charge < -0.3 is 24.6 Å². The van der Waals surface area contributed by atoms with Crippen LogP contribution in [0.15, 0.2) is 54.1 Å². The molecule has 8 unspecified atom stereocenters. The maximum atomic E-state index is 14.9. The highest BCUT2D eigenvalue weighted by Crippen LogP contribution is 2.78. The van der Waals surface area contributed by atoms with Gasteiger partial charge in [-0.1, -0.05) is 50.3 Å². The van der Waals surface area contributed by atoms with E-state index in [9.17, 15) is 19.8 Å². The van der Waals surface area contributed by atoms with Crippen molar-refractivity contribution in [2.45, 2.75) is 83.8 Å². The van der Waals surface area contributed by atoms with Crippen molar-refractivity contribution in [3.05, 3.63) is 59.0 Å². The quantitative estimate of drug-likeness (QED) is 0.170. The first-order chi connectivity index (χ1) is 22.0. The fourth-order valence-corrected chi connectivity index (χ4v) is 12.0. The predicted molar refractivity (Wildman–Crippen MR) is 180 cm³/mol. The Morgan fingerprint density at radius 2 is 1.78 bits per heavy atom. The topological polar surface area (TPSA) is 96.3 Å². The molecule has 46 heavy (non-hydrogen) atoms. The molecule has 1 aromatic heterocycles. The monoisotopic (exact) mass is 647 g/mol. The molecular formula is C38H49NO6S.